The van der Waals surface area contributed by atoms with Crippen LogP contribution in [-0.2, 0) is 20.0 Å². The molecule has 1 aliphatic carbocycles. The molecule has 1 aliphatic rings. The van der Waals surface area contributed by atoms with Crippen LogP contribution in [0, 0.1) is 21.8 Å². The lowest BCUT2D eigenvalue weighted by Gasteiger charge is -2.18. The molecule has 1 atom stereocenters. The highest BCUT2D eigenvalue weighted by molar-refractivity contribution is 9.10. The third kappa shape index (κ3) is 5.13. The average molecular weight is 556 g/mol. The molecule has 0 spiro atoms. The summed E-state index contributed by atoms with van der Waals surface area (Å²) in [4.78, 5) is 19.1. The second kappa shape index (κ2) is 9.76. The molecule has 1 fully saturated rings. The third-order valence-electron chi connectivity index (χ3n) is 6.12. The van der Waals surface area contributed by atoms with E-state index < -0.39 is 22.7 Å². The molecule has 0 radical (unpaired) electrons. The fourth-order valence-electron chi connectivity index (χ4n) is 4.14. The topological polar surface area (TPSA) is 114 Å². The van der Waals surface area contributed by atoms with Crippen molar-refractivity contribution >= 4 is 21.7 Å². The molecule has 0 aliphatic heterocycles. The first kappa shape index (κ1) is 24.0. The Labute approximate surface area is 214 Å². The molecule has 0 amide bonds. The average Bonchev–Trinajstić information content (AvgIpc) is 3.41. The van der Waals surface area contributed by atoms with E-state index in [1.165, 1.54) is 43.6 Å². The number of nitro groups is 1. The van der Waals surface area contributed by atoms with Gasteiger partial charge < -0.3 is 14.9 Å². The first-order valence-electron chi connectivity index (χ1n) is 11.4. The Bertz CT molecular complexity index is 1430. The van der Waals surface area contributed by atoms with Gasteiger partial charge in [0.1, 0.15) is 18.2 Å². The van der Waals surface area contributed by atoms with E-state index in [0.717, 1.165) is 23.7 Å². The minimum absolute atomic E-state index is 0.0309. The van der Waals surface area contributed by atoms with Crippen molar-refractivity contribution in [3.8, 4) is 17.1 Å². The molecule has 0 bridgehead atoms. The van der Waals surface area contributed by atoms with Crippen LogP contribution in [0.2, 0.25) is 0 Å². The number of rotatable bonds is 9. The standard InChI is InChI=1S/C24H23BrFN7O3/c1-14(36-22-8-16(25)11-27-24(22)33(34)35)21-9-17(26)5-6-20(21)23-28-13-29-32(23)12-19-10-18(30-31(19)2)7-15-3-4-15/h5-6,8-11,13-15H,3-4,7,12H2,1-2H3/t14-/m1/s1. The lowest BCUT2D eigenvalue weighted by Crippen LogP contribution is -2.11. The molecule has 1 saturated carbocycles. The highest BCUT2D eigenvalue weighted by atomic mass is 79.9. The normalized spacial score (nSPS) is 14.1. The summed E-state index contributed by atoms with van der Waals surface area (Å²) in [6.45, 7) is 2.12. The summed E-state index contributed by atoms with van der Waals surface area (Å²) in [6.07, 6.45) is 5.50. The van der Waals surface area contributed by atoms with E-state index in [-0.39, 0.29) is 5.75 Å². The van der Waals surface area contributed by atoms with Crippen LogP contribution in [-0.4, -0.2) is 34.5 Å². The fourth-order valence-corrected chi connectivity index (χ4v) is 4.45. The molecule has 1 aromatic carbocycles. The summed E-state index contributed by atoms with van der Waals surface area (Å²) < 4.78 is 24.3. The zero-order valence-corrected chi connectivity index (χ0v) is 21.2. The first-order valence-corrected chi connectivity index (χ1v) is 12.2. The number of aryl methyl sites for hydroxylation is 1. The number of aromatic nitrogens is 6. The lowest BCUT2D eigenvalue weighted by molar-refractivity contribution is -0.390. The second-order valence-corrected chi connectivity index (χ2v) is 9.78. The van der Waals surface area contributed by atoms with Crippen molar-refractivity contribution in [1.82, 2.24) is 29.5 Å². The number of pyridine rings is 1. The summed E-state index contributed by atoms with van der Waals surface area (Å²) in [5, 5.41) is 20.4. The molecule has 4 aromatic rings. The Balaban J connectivity index is 1.46. The Morgan fingerprint density at radius 1 is 1.28 bits per heavy atom. The van der Waals surface area contributed by atoms with Crippen molar-refractivity contribution < 1.29 is 14.1 Å². The number of halogens is 2. The van der Waals surface area contributed by atoms with Crippen molar-refractivity contribution in [1.29, 1.82) is 0 Å². The van der Waals surface area contributed by atoms with Crippen molar-refractivity contribution in [3.05, 3.63) is 80.2 Å². The van der Waals surface area contributed by atoms with Gasteiger partial charge in [-0.3, -0.25) is 4.68 Å². The van der Waals surface area contributed by atoms with Gasteiger partial charge in [-0.1, -0.05) is 0 Å². The van der Waals surface area contributed by atoms with Crippen molar-refractivity contribution in [2.45, 2.75) is 38.8 Å². The number of ether oxygens (including phenoxy) is 1. The quantitative estimate of drug-likeness (QED) is 0.210. The predicted octanol–water partition coefficient (Wildman–Crippen LogP) is 5.02. The van der Waals surface area contributed by atoms with Crippen LogP contribution in [0.3, 0.4) is 0 Å². The third-order valence-corrected chi connectivity index (χ3v) is 6.55. The van der Waals surface area contributed by atoms with Crippen LogP contribution < -0.4 is 4.74 Å². The van der Waals surface area contributed by atoms with Crippen molar-refractivity contribution in [2.75, 3.05) is 0 Å². The van der Waals surface area contributed by atoms with Gasteiger partial charge in [0.05, 0.1) is 22.4 Å². The summed E-state index contributed by atoms with van der Waals surface area (Å²) in [5.41, 5.74) is 3.11. The summed E-state index contributed by atoms with van der Waals surface area (Å²) in [5.74, 6) is 0.330. The zero-order valence-electron chi connectivity index (χ0n) is 19.6. The number of nitrogens with zero attached hydrogens (tertiary/aromatic N) is 7. The predicted molar refractivity (Wildman–Crippen MR) is 132 cm³/mol. The summed E-state index contributed by atoms with van der Waals surface area (Å²) in [7, 11) is 1.90. The Morgan fingerprint density at radius 2 is 2.08 bits per heavy atom. The monoisotopic (exact) mass is 555 g/mol. The number of hydrogen-bond donors (Lipinski definition) is 0. The Hall–Kier alpha value is -3.67. The molecule has 0 saturated heterocycles. The molecule has 5 rings (SSSR count). The molecular weight excluding hydrogens is 533 g/mol. The molecule has 36 heavy (non-hydrogen) atoms. The minimum atomic E-state index is -0.752. The maximum absolute atomic E-state index is 14.3. The molecule has 10 nitrogen and oxygen atoms in total. The molecule has 186 valence electrons. The fraction of sp³-hybridized carbons (Fsp3) is 0.333. The van der Waals surface area contributed by atoms with E-state index in [0.29, 0.717) is 28.0 Å². The van der Waals surface area contributed by atoms with Crippen LogP contribution in [0.15, 0.2) is 47.3 Å². The van der Waals surface area contributed by atoms with E-state index in [9.17, 15) is 14.5 Å². The van der Waals surface area contributed by atoms with E-state index in [2.05, 4.69) is 42.2 Å². The van der Waals surface area contributed by atoms with Gasteiger partial charge in [0.25, 0.3) is 0 Å². The lowest BCUT2D eigenvalue weighted by atomic mass is 10.0. The van der Waals surface area contributed by atoms with Gasteiger partial charge in [0.15, 0.2) is 12.0 Å². The largest absolute Gasteiger partial charge is 0.478 e. The van der Waals surface area contributed by atoms with E-state index in [1.807, 2.05) is 11.7 Å². The molecule has 3 heterocycles. The van der Waals surface area contributed by atoms with Crippen LogP contribution in [0.1, 0.15) is 42.8 Å². The number of benzene rings is 1. The minimum Gasteiger partial charge on any atom is -0.478 e. The molecule has 0 unspecified atom stereocenters. The molecule has 0 N–H and O–H groups in total. The van der Waals surface area contributed by atoms with Gasteiger partial charge >= 0.3 is 5.82 Å². The second-order valence-electron chi connectivity index (χ2n) is 8.86. The number of hydrogen-bond acceptors (Lipinski definition) is 7. The summed E-state index contributed by atoms with van der Waals surface area (Å²) >= 11 is 3.26. The van der Waals surface area contributed by atoms with E-state index in [4.69, 9.17) is 4.74 Å². The summed E-state index contributed by atoms with van der Waals surface area (Å²) in [6, 6.07) is 7.84. The highest BCUT2D eigenvalue weighted by Crippen LogP contribution is 2.35. The van der Waals surface area contributed by atoms with Crippen LogP contribution in [0.4, 0.5) is 10.2 Å². The smallest absolute Gasteiger partial charge is 0.406 e. The zero-order chi connectivity index (χ0) is 25.4. The van der Waals surface area contributed by atoms with Gasteiger partial charge in [-0.15, -0.1) is 0 Å². The highest BCUT2D eigenvalue weighted by Gasteiger charge is 2.25. The van der Waals surface area contributed by atoms with E-state index >= 15 is 0 Å². The van der Waals surface area contributed by atoms with Crippen molar-refractivity contribution in [2.24, 2.45) is 13.0 Å². The van der Waals surface area contributed by atoms with Crippen LogP contribution in [0.5, 0.6) is 5.75 Å². The molecule has 12 heteroatoms. The van der Waals surface area contributed by atoms with Gasteiger partial charge in [0.2, 0.25) is 5.75 Å². The van der Waals surface area contributed by atoms with Crippen LogP contribution in [0.25, 0.3) is 11.4 Å². The maximum Gasteiger partial charge on any atom is 0.406 e. The maximum atomic E-state index is 14.3. The SMILES string of the molecule is C[C@@H](Oc1cc(Br)cnc1[N+](=O)[O-])c1cc(F)ccc1-c1ncnn1Cc1cc(CC2CC2)nn1C. The molecule has 3 aromatic heterocycles. The van der Waals surface area contributed by atoms with Crippen molar-refractivity contribution in [3.63, 3.8) is 0 Å². The van der Waals surface area contributed by atoms with Crippen LogP contribution >= 0.6 is 15.9 Å². The van der Waals surface area contributed by atoms with Gasteiger partial charge in [-0.05, 0) is 82.2 Å². The van der Waals surface area contributed by atoms with Gasteiger partial charge in [0, 0.05) is 24.2 Å². The van der Waals surface area contributed by atoms with Gasteiger partial charge in [-0.25, -0.2) is 14.1 Å². The van der Waals surface area contributed by atoms with Gasteiger partial charge in [-0.2, -0.15) is 10.2 Å². The molecular formula is C24H23BrFN7O3. The first-order chi connectivity index (χ1) is 17.3. The van der Waals surface area contributed by atoms with E-state index in [1.54, 1.807) is 17.7 Å². The Kier molecular flexibility index (Phi) is 6.52. The Morgan fingerprint density at radius 3 is 2.83 bits per heavy atom.